The molecule has 2 unspecified atom stereocenters. The quantitative estimate of drug-likeness (QED) is 0.581. The molecule has 0 aliphatic heterocycles. The van der Waals surface area contributed by atoms with E-state index in [9.17, 15) is 0 Å². The van der Waals surface area contributed by atoms with Gasteiger partial charge in [-0.2, -0.15) is 0 Å². The standard InChI is InChI=1S/C13H25/c1-3-5-9-13-11-7-6-10-12(13)8-4-2/h12-13H,2-11H2,1H3. The molecule has 0 amide bonds. The molecule has 2 atom stereocenters. The Balaban J connectivity index is 2.28. The van der Waals surface area contributed by atoms with E-state index in [-0.39, 0.29) is 0 Å². The van der Waals surface area contributed by atoms with Crippen LogP contribution in [0.25, 0.3) is 0 Å². The maximum Gasteiger partial charge on any atom is -0.0386 e. The summed E-state index contributed by atoms with van der Waals surface area (Å²) in [5, 5.41) is 0. The van der Waals surface area contributed by atoms with E-state index in [1.807, 2.05) is 0 Å². The van der Waals surface area contributed by atoms with E-state index < -0.39 is 0 Å². The number of hydrogen-bond donors (Lipinski definition) is 0. The molecular formula is C13H25. The maximum absolute atomic E-state index is 3.99. The largest absolute Gasteiger partial charge is 0.0654 e. The Morgan fingerprint density at radius 1 is 1.08 bits per heavy atom. The van der Waals surface area contributed by atoms with Crippen LogP contribution in [0.15, 0.2) is 0 Å². The van der Waals surface area contributed by atoms with Gasteiger partial charge in [0, 0.05) is 0 Å². The Morgan fingerprint density at radius 3 is 2.23 bits per heavy atom. The van der Waals surface area contributed by atoms with Gasteiger partial charge in [0.15, 0.2) is 0 Å². The topological polar surface area (TPSA) is 0 Å². The predicted molar refractivity (Wildman–Crippen MR) is 59.6 cm³/mol. The van der Waals surface area contributed by atoms with Crippen LogP contribution in [0, 0.1) is 18.8 Å². The fourth-order valence-electron chi connectivity index (χ4n) is 2.77. The van der Waals surface area contributed by atoms with Crippen molar-refractivity contribution in [3.63, 3.8) is 0 Å². The number of rotatable bonds is 5. The van der Waals surface area contributed by atoms with Crippen molar-refractivity contribution in [3.8, 4) is 0 Å². The average Bonchev–Trinajstić information content (AvgIpc) is 2.17. The molecule has 0 heteroatoms. The van der Waals surface area contributed by atoms with Crippen molar-refractivity contribution in [1.29, 1.82) is 0 Å². The summed E-state index contributed by atoms with van der Waals surface area (Å²) >= 11 is 0. The molecule has 0 spiro atoms. The van der Waals surface area contributed by atoms with Crippen molar-refractivity contribution in [2.45, 2.75) is 64.7 Å². The summed E-state index contributed by atoms with van der Waals surface area (Å²) in [6.45, 7) is 6.30. The molecule has 0 bridgehead atoms. The van der Waals surface area contributed by atoms with Gasteiger partial charge in [-0.05, 0) is 11.8 Å². The van der Waals surface area contributed by atoms with Crippen LogP contribution in [0.1, 0.15) is 64.7 Å². The number of hydrogen-bond acceptors (Lipinski definition) is 0. The summed E-state index contributed by atoms with van der Waals surface area (Å²) in [6, 6.07) is 0. The highest BCUT2D eigenvalue weighted by Crippen LogP contribution is 2.36. The Morgan fingerprint density at radius 2 is 1.69 bits per heavy atom. The summed E-state index contributed by atoms with van der Waals surface area (Å²) in [6.07, 6.45) is 12.8. The normalized spacial score (nSPS) is 29.1. The third-order valence-electron chi connectivity index (χ3n) is 3.57. The van der Waals surface area contributed by atoms with Crippen molar-refractivity contribution in [2.24, 2.45) is 11.8 Å². The smallest absolute Gasteiger partial charge is 0.0386 e. The summed E-state index contributed by atoms with van der Waals surface area (Å²) in [4.78, 5) is 0. The Kier molecular flexibility index (Phi) is 5.50. The van der Waals surface area contributed by atoms with Gasteiger partial charge < -0.3 is 0 Å². The average molecular weight is 181 g/mol. The molecule has 1 radical (unpaired) electrons. The summed E-state index contributed by atoms with van der Waals surface area (Å²) in [5.41, 5.74) is 0. The van der Waals surface area contributed by atoms with E-state index in [2.05, 4.69) is 13.8 Å². The first kappa shape index (κ1) is 11.1. The van der Waals surface area contributed by atoms with E-state index in [4.69, 9.17) is 0 Å². The van der Waals surface area contributed by atoms with Crippen LogP contribution in [-0.2, 0) is 0 Å². The maximum atomic E-state index is 3.99. The van der Waals surface area contributed by atoms with Crippen molar-refractivity contribution in [2.75, 3.05) is 0 Å². The molecule has 0 aromatic rings. The van der Waals surface area contributed by atoms with Crippen LogP contribution in [0.2, 0.25) is 0 Å². The Bertz CT molecular complexity index is 115. The highest BCUT2D eigenvalue weighted by Gasteiger charge is 2.23. The predicted octanol–water partition coefficient (Wildman–Crippen LogP) is 4.60. The third kappa shape index (κ3) is 3.70. The van der Waals surface area contributed by atoms with Crippen LogP contribution < -0.4 is 0 Å². The summed E-state index contributed by atoms with van der Waals surface area (Å²) in [7, 11) is 0. The lowest BCUT2D eigenvalue weighted by Gasteiger charge is -2.31. The minimum atomic E-state index is 1.03. The second kappa shape index (κ2) is 6.45. The van der Waals surface area contributed by atoms with Crippen molar-refractivity contribution >= 4 is 0 Å². The van der Waals surface area contributed by atoms with E-state index in [0.29, 0.717) is 0 Å². The van der Waals surface area contributed by atoms with E-state index in [1.165, 1.54) is 51.4 Å². The van der Waals surface area contributed by atoms with Crippen molar-refractivity contribution in [1.82, 2.24) is 0 Å². The fraction of sp³-hybridized carbons (Fsp3) is 0.923. The van der Waals surface area contributed by atoms with Gasteiger partial charge in [0.25, 0.3) is 0 Å². The lowest BCUT2D eigenvalue weighted by molar-refractivity contribution is 0.209. The van der Waals surface area contributed by atoms with Gasteiger partial charge in [-0.15, -0.1) is 0 Å². The van der Waals surface area contributed by atoms with Gasteiger partial charge in [-0.1, -0.05) is 71.6 Å². The lowest BCUT2D eigenvalue weighted by atomic mass is 9.75. The molecule has 0 nitrogen and oxygen atoms in total. The minimum Gasteiger partial charge on any atom is -0.0654 e. The molecule has 0 aromatic carbocycles. The highest BCUT2D eigenvalue weighted by atomic mass is 14.3. The molecule has 1 saturated carbocycles. The minimum absolute atomic E-state index is 1.03. The molecule has 13 heavy (non-hydrogen) atoms. The third-order valence-corrected chi connectivity index (χ3v) is 3.57. The number of unbranched alkanes of at least 4 members (excludes halogenated alkanes) is 1. The molecule has 1 rings (SSSR count). The lowest BCUT2D eigenvalue weighted by Crippen LogP contribution is -2.19. The molecule has 77 valence electrons. The van der Waals surface area contributed by atoms with Gasteiger partial charge in [-0.25, -0.2) is 0 Å². The van der Waals surface area contributed by atoms with E-state index >= 15 is 0 Å². The first-order chi connectivity index (χ1) is 6.38. The van der Waals surface area contributed by atoms with Crippen LogP contribution in [0.3, 0.4) is 0 Å². The fourth-order valence-corrected chi connectivity index (χ4v) is 2.77. The van der Waals surface area contributed by atoms with Crippen molar-refractivity contribution < 1.29 is 0 Å². The van der Waals surface area contributed by atoms with Crippen LogP contribution in [-0.4, -0.2) is 0 Å². The van der Waals surface area contributed by atoms with Crippen molar-refractivity contribution in [3.05, 3.63) is 6.92 Å². The second-order valence-electron chi connectivity index (χ2n) is 4.59. The van der Waals surface area contributed by atoms with Gasteiger partial charge in [0.2, 0.25) is 0 Å². The van der Waals surface area contributed by atoms with Crippen LogP contribution >= 0.6 is 0 Å². The van der Waals surface area contributed by atoms with E-state index in [1.54, 1.807) is 0 Å². The first-order valence-corrected chi connectivity index (χ1v) is 6.17. The molecular weight excluding hydrogens is 156 g/mol. The second-order valence-corrected chi connectivity index (χ2v) is 4.59. The first-order valence-electron chi connectivity index (χ1n) is 6.17. The van der Waals surface area contributed by atoms with Gasteiger partial charge in [0.05, 0.1) is 0 Å². The highest BCUT2D eigenvalue weighted by molar-refractivity contribution is 4.75. The molecule has 1 aliphatic rings. The summed E-state index contributed by atoms with van der Waals surface area (Å²) in [5.74, 6) is 2.08. The molecule has 1 fully saturated rings. The zero-order valence-corrected chi connectivity index (χ0v) is 9.23. The van der Waals surface area contributed by atoms with Crippen LogP contribution in [0.5, 0.6) is 0 Å². The van der Waals surface area contributed by atoms with Gasteiger partial charge >= 0.3 is 0 Å². The summed E-state index contributed by atoms with van der Waals surface area (Å²) < 4.78 is 0. The SMILES string of the molecule is [CH2]CCC1CCCCC1CCCC. The monoisotopic (exact) mass is 181 g/mol. The van der Waals surface area contributed by atoms with Crippen LogP contribution in [0.4, 0.5) is 0 Å². The Hall–Kier alpha value is 0. The molecule has 0 aromatic heterocycles. The molecule has 0 saturated heterocycles. The zero-order chi connectivity index (χ0) is 9.52. The van der Waals surface area contributed by atoms with E-state index in [0.717, 1.165) is 18.3 Å². The molecule has 0 heterocycles. The molecule has 0 N–H and O–H groups in total. The Labute approximate surface area is 84.1 Å². The molecule has 1 aliphatic carbocycles. The van der Waals surface area contributed by atoms with Gasteiger partial charge in [0.1, 0.15) is 0 Å². The zero-order valence-electron chi connectivity index (χ0n) is 9.23. The van der Waals surface area contributed by atoms with Gasteiger partial charge in [-0.3, -0.25) is 0 Å².